The van der Waals surface area contributed by atoms with Crippen molar-refractivity contribution in [1.29, 1.82) is 0 Å². The second kappa shape index (κ2) is 7.47. The molecule has 4 rings (SSSR count). The maximum atomic E-state index is 12.3. The van der Waals surface area contributed by atoms with Crippen LogP contribution in [-0.2, 0) is 4.79 Å². The van der Waals surface area contributed by atoms with Gasteiger partial charge in [0.2, 0.25) is 15.5 Å². The fourth-order valence-electron chi connectivity index (χ4n) is 2.27. The first-order valence-corrected chi connectivity index (χ1v) is 9.73. The van der Waals surface area contributed by atoms with Gasteiger partial charge in [-0.05, 0) is 23.7 Å². The Morgan fingerprint density at radius 1 is 1.30 bits per heavy atom. The van der Waals surface area contributed by atoms with Crippen LogP contribution in [-0.4, -0.2) is 41.6 Å². The number of rotatable bonds is 5. The van der Waals surface area contributed by atoms with E-state index < -0.39 is 0 Å². The molecule has 136 valence electrons. The van der Waals surface area contributed by atoms with Crippen LogP contribution in [0.2, 0.25) is 4.47 Å². The Morgan fingerprint density at radius 3 is 2.85 bits per heavy atom. The number of halogens is 1. The molecule has 1 amide bonds. The van der Waals surface area contributed by atoms with Gasteiger partial charge >= 0.3 is 0 Å². The van der Waals surface area contributed by atoms with Gasteiger partial charge in [-0.25, -0.2) is 9.67 Å². The predicted octanol–water partition coefficient (Wildman–Crippen LogP) is 2.34. The van der Waals surface area contributed by atoms with Crippen LogP contribution < -0.4 is 10.9 Å². The lowest BCUT2D eigenvalue weighted by atomic mass is 10.3. The van der Waals surface area contributed by atoms with Crippen molar-refractivity contribution in [2.75, 3.05) is 11.1 Å². The zero-order chi connectivity index (χ0) is 18.8. The van der Waals surface area contributed by atoms with Crippen molar-refractivity contribution < 1.29 is 4.79 Å². The number of para-hydroxylation sites is 1. The van der Waals surface area contributed by atoms with Crippen molar-refractivity contribution in [2.24, 2.45) is 0 Å². The molecule has 3 aromatic heterocycles. The molecule has 3 heterocycles. The van der Waals surface area contributed by atoms with Gasteiger partial charge in [0, 0.05) is 0 Å². The van der Waals surface area contributed by atoms with Gasteiger partial charge in [-0.1, -0.05) is 41.3 Å². The second-order valence-electron chi connectivity index (χ2n) is 5.20. The average Bonchev–Trinajstić information content (AvgIpc) is 3.27. The number of aromatic nitrogens is 6. The summed E-state index contributed by atoms with van der Waals surface area (Å²) >= 11 is 7.83. The van der Waals surface area contributed by atoms with E-state index in [-0.39, 0.29) is 21.7 Å². The smallest absolute Gasteiger partial charge is 0.262 e. The molecule has 27 heavy (non-hydrogen) atoms. The summed E-state index contributed by atoms with van der Waals surface area (Å²) < 4.78 is 1.82. The molecule has 9 nitrogen and oxygen atoms in total. The molecule has 0 bridgehead atoms. The number of amides is 1. The third kappa shape index (κ3) is 3.84. The van der Waals surface area contributed by atoms with Crippen LogP contribution in [0.25, 0.3) is 16.7 Å². The summed E-state index contributed by atoms with van der Waals surface area (Å²) in [6, 6.07) is 9.36. The van der Waals surface area contributed by atoms with Gasteiger partial charge in [0.1, 0.15) is 5.39 Å². The molecule has 0 saturated carbocycles. The zero-order valence-electron chi connectivity index (χ0n) is 13.4. The van der Waals surface area contributed by atoms with Gasteiger partial charge in [-0.15, -0.1) is 10.2 Å². The first kappa shape index (κ1) is 17.6. The number of nitrogens with one attached hydrogen (secondary N) is 2. The van der Waals surface area contributed by atoms with Crippen molar-refractivity contribution in [1.82, 2.24) is 29.9 Å². The number of fused-ring (bicyclic) bond motifs is 1. The van der Waals surface area contributed by atoms with Crippen LogP contribution in [0.15, 0.2) is 46.5 Å². The lowest BCUT2D eigenvalue weighted by Gasteiger charge is -2.04. The molecule has 1 aromatic carbocycles. The largest absolute Gasteiger partial charge is 0.301 e. The van der Waals surface area contributed by atoms with Crippen LogP contribution in [0.5, 0.6) is 0 Å². The molecular weight excluding hydrogens is 410 g/mol. The van der Waals surface area contributed by atoms with Gasteiger partial charge in [0.25, 0.3) is 5.56 Å². The first-order chi connectivity index (χ1) is 13.1. The summed E-state index contributed by atoms with van der Waals surface area (Å²) in [7, 11) is 0. The molecule has 0 aliphatic heterocycles. The summed E-state index contributed by atoms with van der Waals surface area (Å²) in [4.78, 5) is 31.4. The first-order valence-electron chi connectivity index (χ1n) is 7.55. The lowest BCUT2D eigenvalue weighted by molar-refractivity contribution is -0.113. The third-order valence-electron chi connectivity index (χ3n) is 3.40. The number of carbonyl (C=O) groups is 1. The fourth-order valence-corrected chi connectivity index (χ4v) is 3.67. The SMILES string of the molecule is O=C(CSc1nc2c(cnn2-c2ccccc2)c(=O)[nH]1)Nc1nnc(Cl)s1. The molecule has 0 saturated heterocycles. The minimum absolute atomic E-state index is 0.0329. The van der Waals surface area contributed by atoms with Crippen molar-refractivity contribution in [3.8, 4) is 5.69 Å². The molecule has 0 radical (unpaired) electrons. The molecule has 0 atom stereocenters. The second-order valence-corrected chi connectivity index (χ2v) is 7.72. The summed E-state index contributed by atoms with van der Waals surface area (Å²) in [6.07, 6.45) is 1.47. The zero-order valence-corrected chi connectivity index (χ0v) is 15.8. The number of hydrogen-bond donors (Lipinski definition) is 2. The molecule has 0 spiro atoms. The highest BCUT2D eigenvalue weighted by Gasteiger charge is 2.13. The number of anilines is 1. The van der Waals surface area contributed by atoms with Crippen LogP contribution in [0.4, 0.5) is 5.13 Å². The van der Waals surface area contributed by atoms with E-state index in [2.05, 4.69) is 30.6 Å². The van der Waals surface area contributed by atoms with Crippen molar-refractivity contribution in [3.63, 3.8) is 0 Å². The Balaban J connectivity index is 1.55. The highest BCUT2D eigenvalue weighted by Crippen LogP contribution is 2.21. The molecule has 0 unspecified atom stereocenters. The highest BCUT2D eigenvalue weighted by atomic mass is 35.5. The van der Waals surface area contributed by atoms with Gasteiger partial charge in [0.15, 0.2) is 10.8 Å². The molecule has 4 aromatic rings. The van der Waals surface area contributed by atoms with Crippen LogP contribution in [0, 0.1) is 0 Å². The van der Waals surface area contributed by atoms with Crippen LogP contribution >= 0.6 is 34.7 Å². The van der Waals surface area contributed by atoms with E-state index in [1.165, 1.54) is 6.20 Å². The Hall–Kier alpha value is -2.76. The maximum absolute atomic E-state index is 12.3. The van der Waals surface area contributed by atoms with Gasteiger partial charge in [-0.3, -0.25) is 14.9 Å². The minimum Gasteiger partial charge on any atom is -0.301 e. The van der Waals surface area contributed by atoms with Gasteiger partial charge < -0.3 is 4.98 Å². The van der Waals surface area contributed by atoms with Gasteiger partial charge in [-0.2, -0.15) is 5.10 Å². The third-order valence-corrected chi connectivity index (χ3v) is 5.21. The average molecular weight is 420 g/mol. The van der Waals surface area contributed by atoms with Crippen LogP contribution in [0.1, 0.15) is 0 Å². The highest BCUT2D eigenvalue weighted by molar-refractivity contribution is 7.99. The molecule has 0 aliphatic rings. The molecule has 0 fully saturated rings. The molecular formula is C15H10ClN7O2S2. The number of hydrogen-bond acceptors (Lipinski definition) is 8. The summed E-state index contributed by atoms with van der Waals surface area (Å²) in [6.45, 7) is 0. The number of nitrogens with zero attached hydrogens (tertiary/aromatic N) is 5. The Labute approximate surface area is 164 Å². The predicted molar refractivity (Wildman–Crippen MR) is 104 cm³/mol. The lowest BCUT2D eigenvalue weighted by Crippen LogP contribution is -2.15. The van der Waals surface area contributed by atoms with Crippen molar-refractivity contribution in [3.05, 3.63) is 51.3 Å². The number of aromatic amines is 1. The normalized spacial score (nSPS) is 11.0. The van der Waals surface area contributed by atoms with E-state index in [1.54, 1.807) is 4.68 Å². The molecule has 0 aliphatic carbocycles. The number of thioether (sulfide) groups is 1. The van der Waals surface area contributed by atoms with E-state index in [1.807, 2.05) is 30.3 Å². The van der Waals surface area contributed by atoms with E-state index in [4.69, 9.17) is 11.6 Å². The maximum Gasteiger partial charge on any atom is 0.262 e. The van der Waals surface area contributed by atoms with E-state index in [9.17, 15) is 9.59 Å². The van der Waals surface area contributed by atoms with Gasteiger partial charge in [0.05, 0.1) is 17.6 Å². The van der Waals surface area contributed by atoms with E-state index >= 15 is 0 Å². The minimum atomic E-state index is -0.319. The number of carbonyl (C=O) groups excluding carboxylic acids is 1. The summed E-state index contributed by atoms with van der Waals surface area (Å²) in [5.41, 5.74) is 0.886. The number of benzene rings is 1. The summed E-state index contributed by atoms with van der Waals surface area (Å²) in [5, 5.41) is 15.1. The Bertz CT molecular complexity index is 1170. The monoisotopic (exact) mass is 419 g/mol. The van der Waals surface area contributed by atoms with E-state index in [0.717, 1.165) is 28.8 Å². The van der Waals surface area contributed by atoms with Crippen molar-refractivity contribution in [2.45, 2.75) is 5.16 Å². The quantitative estimate of drug-likeness (QED) is 0.376. The molecule has 2 N–H and O–H groups in total. The standard InChI is InChI=1S/C15H10ClN7O2S2/c16-13-21-22-15(27-13)18-10(24)7-26-14-19-11-9(12(25)20-14)6-17-23(11)8-4-2-1-3-5-8/h1-6H,7H2,(H,18,22,24)(H,19,20,25). The Kier molecular flexibility index (Phi) is 4.88. The van der Waals surface area contributed by atoms with Crippen LogP contribution in [0.3, 0.4) is 0 Å². The van der Waals surface area contributed by atoms with E-state index in [0.29, 0.717) is 21.3 Å². The molecule has 12 heteroatoms. The fraction of sp³-hybridized carbons (Fsp3) is 0.0667. The Morgan fingerprint density at radius 2 is 2.11 bits per heavy atom. The topological polar surface area (TPSA) is 118 Å². The summed E-state index contributed by atoms with van der Waals surface area (Å²) in [5.74, 6) is -0.280. The number of H-pyrrole nitrogens is 1. The van der Waals surface area contributed by atoms with Crippen molar-refractivity contribution >= 4 is 56.8 Å².